The van der Waals surface area contributed by atoms with Crippen LogP contribution in [0.4, 0.5) is 0 Å². The van der Waals surface area contributed by atoms with E-state index in [0.29, 0.717) is 0 Å². The van der Waals surface area contributed by atoms with Gasteiger partial charge in [-0.1, -0.05) is 41.6 Å². The largest absolute Gasteiger partial charge is 0.376 e. The molecule has 0 rings (SSSR count). The van der Waals surface area contributed by atoms with E-state index in [2.05, 4.69) is 36.7 Å². The van der Waals surface area contributed by atoms with Crippen molar-refractivity contribution < 1.29 is 4.74 Å². The lowest BCUT2D eigenvalue weighted by Gasteiger charge is -2.19. The Morgan fingerprint density at radius 1 is 0.857 bits per heavy atom. The Morgan fingerprint density at radius 2 is 1.36 bits per heavy atom. The van der Waals surface area contributed by atoms with E-state index in [1.807, 2.05) is 0 Å². The normalized spacial score (nSPS) is 12.0. The molecule has 0 N–H and O–H groups in total. The molecule has 0 bridgehead atoms. The summed E-state index contributed by atoms with van der Waals surface area (Å²) in [5.74, 6) is 0. The first-order valence-electron chi connectivity index (χ1n) is 5.76. The first-order valence-corrected chi connectivity index (χ1v) is 6.88. The highest BCUT2D eigenvalue weighted by Gasteiger charge is 2.08. The molecule has 0 aliphatic heterocycles. The van der Waals surface area contributed by atoms with E-state index in [4.69, 9.17) is 4.74 Å². The number of halogens is 1. The molecule has 0 atom stereocenters. The van der Waals surface area contributed by atoms with Crippen LogP contribution in [0.5, 0.6) is 0 Å². The molecule has 0 aliphatic rings. The van der Waals surface area contributed by atoms with Crippen molar-refractivity contribution in [2.75, 3.05) is 11.9 Å². The zero-order valence-corrected chi connectivity index (χ0v) is 11.5. The molecule has 0 amide bonds. The van der Waals surface area contributed by atoms with Crippen LogP contribution in [-0.4, -0.2) is 17.5 Å². The van der Waals surface area contributed by atoms with Gasteiger partial charge in [0, 0.05) is 11.9 Å². The van der Waals surface area contributed by atoms with Crippen molar-refractivity contribution in [3.05, 3.63) is 0 Å². The van der Waals surface area contributed by atoms with E-state index < -0.39 is 0 Å². The van der Waals surface area contributed by atoms with Gasteiger partial charge < -0.3 is 4.74 Å². The van der Waals surface area contributed by atoms with Gasteiger partial charge in [0.05, 0.1) is 5.60 Å². The summed E-state index contributed by atoms with van der Waals surface area (Å²) in [7, 11) is 0. The standard InChI is InChI=1S/C12H25BrO/c1-12(2,3)14-11-9-7-5-4-6-8-10-13/h4-11H2,1-3H3. The van der Waals surface area contributed by atoms with Gasteiger partial charge in [0.15, 0.2) is 0 Å². The molecule has 0 fully saturated rings. The summed E-state index contributed by atoms with van der Waals surface area (Å²) < 4.78 is 5.65. The molecule has 0 aromatic heterocycles. The van der Waals surface area contributed by atoms with E-state index in [1.54, 1.807) is 0 Å². The first kappa shape index (κ1) is 14.4. The quantitative estimate of drug-likeness (QED) is 0.462. The lowest BCUT2D eigenvalue weighted by molar-refractivity contribution is -0.00474. The van der Waals surface area contributed by atoms with Gasteiger partial charge in [-0.15, -0.1) is 0 Å². The van der Waals surface area contributed by atoms with E-state index in [9.17, 15) is 0 Å². The summed E-state index contributed by atoms with van der Waals surface area (Å²) in [6.07, 6.45) is 7.95. The minimum atomic E-state index is 0.0377. The summed E-state index contributed by atoms with van der Waals surface area (Å²) >= 11 is 3.45. The SMILES string of the molecule is CC(C)(C)OCCCCCCCCBr. The fourth-order valence-corrected chi connectivity index (χ4v) is 1.68. The second-order valence-electron chi connectivity index (χ2n) is 4.77. The van der Waals surface area contributed by atoms with Crippen LogP contribution in [0.2, 0.25) is 0 Å². The van der Waals surface area contributed by atoms with E-state index >= 15 is 0 Å². The molecular weight excluding hydrogens is 240 g/mol. The van der Waals surface area contributed by atoms with Crippen molar-refractivity contribution in [2.45, 2.75) is 64.9 Å². The van der Waals surface area contributed by atoms with Gasteiger partial charge in [0.2, 0.25) is 0 Å². The minimum Gasteiger partial charge on any atom is -0.376 e. The Balaban J connectivity index is 2.99. The predicted octanol–water partition coefficient (Wildman–Crippen LogP) is 4.54. The van der Waals surface area contributed by atoms with Crippen molar-refractivity contribution in [1.29, 1.82) is 0 Å². The second-order valence-corrected chi connectivity index (χ2v) is 5.56. The van der Waals surface area contributed by atoms with E-state index in [0.717, 1.165) is 11.9 Å². The topological polar surface area (TPSA) is 9.23 Å². The Bertz CT molecular complexity index is 118. The highest BCUT2D eigenvalue weighted by atomic mass is 79.9. The summed E-state index contributed by atoms with van der Waals surface area (Å²) in [6.45, 7) is 7.26. The Kier molecular flexibility index (Phi) is 9.00. The van der Waals surface area contributed by atoms with Crippen LogP contribution < -0.4 is 0 Å². The zero-order valence-electron chi connectivity index (χ0n) is 9.94. The highest BCUT2D eigenvalue weighted by Crippen LogP contribution is 2.10. The number of hydrogen-bond donors (Lipinski definition) is 0. The maximum Gasteiger partial charge on any atom is 0.0598 e. The van der Waals surface area contributed by atoms with Crippen LogP contribution >= 0.6 is 15.9 Å². The molecule has 0 unspecified atom stereocenters. The van der Waals surface area contributed by atoms with Crippen LogP contribution in [0.25, 0.3) is 0 Å². The van der Waals surface area contributed by atoms with Gasteiger partial charge in [-0.3, -0.25) is 0 Å². The molecule has 2 heteroatoms. The fourth-order valence-electron chi connectivity index (χ4n) is 1.28. The van der Waals surface area contributed by atoms with Gasteiger partial charge in [-0.25, -0.2) is 0 Å². The summed E-state index contributed by atoms with van der Waals surface area (Å²) in [4.78, 5) is 0. The fraction of sp³-hybridized carbons (Fsp3) is 1.00. The van der Waals surface area contributed by atoms with Crippen LogP contribution in [-0.2, 0) is 4.74 Å². The second kappa shape index (κ2) is 8.72. The molecule has 0 saturated carbocycles. The van der Waals surface area contributed by atoms with Crippen LogP contribution in [0.3, 0.4) is 0 Å². The lowest BCUT2D eigenvalue weighted by atomic mass is 10.1. The highest BCUT2D eigenvalue weighted by molar-refractivity contribution is 9.09. The lowest BCUT2D eigenvalue weighted by Crippen LogP contribution is -2.19. The third-order valence-corrected chi connectivity index (χ3v) is 2.62. The van der Waals surface area contributed by atoms with Gasteiger partial charge >= 0.3 is 0 Å². The molecule has 14 heavy (non-hydrogen) atoms. The summed E-state index contributed by atoms with van der Waals surface area (Å²) in [6, 6.07) is 0. The Labute approximate surface area is 97.7 Å². The number of unbranched alkanes of at least 4 members (excludes halogenated alkanes) is 5. The maximum atomic E-state index is 5.65. The summed E-state index contributed by atoms with van der Waals surface area (Å²) in [5, 5.41) is 1.15. The zero-order chi connectivity index (χ0) is 10.9. The number of rotatable bonds is 8. The molecule has 0 aliphatic carbocycles. The third kappa shape index (κ3) is 12.4. The van der Waals surface area contributed by atoms with Crippen molar-refractivity contribution in [3.63, 3.8) is 0 Å². The summed E-state index contributed by atoms with van der Waals surface area (Å²) in [5.41, 5.74) is 0.0377. The monoisotopic (exact) mass is 264 g/mol. The molecule has 0 aromatic rings. The Hall–Kier alpha value is 0.440. The number of hydrogen-bond acceptors (Lipinski definition) is 1. The maximum absolute atomic E-state index is 5.65. The minimum absolute atomic E-state index is 0.0377. The van der Waals surface area contributed by atoms with Crippen LogP contribution in [0.1, 0.15) is 59.3 Å². The molecule has 86 valence electrons. The molecule has 0 radical (unpaired) electrons. The van der Waals surface area contributed by atoms with Crippen molar-refractivity contribution in [2.24, 2.45) is 0 Å². The number of ether oxygens (including phenoxy) is 1. The van der Waals surface area contributed by atoms with Gasteiger partial charge in [0.1, 0.15) is 0 Å². The average Bonchev–Trinajstić information content (AvgIpc) is 2.08. The first-order chi connectivity index (χ1) is 6.56. The van der Waals surface area contributed by atoms with E-state index in [1.165, 1.54) is 38.5 Å². The smallest absolute Gasteiger partial charge is 0.0598 e. The molecular formula is C12H25BrO. The van der Waals surface area contributed by atoms with Gasteiger partial charge in [0.25, 0.3) is 0 Å². The predicted molar refractivity (Wildman–Crippen MR) is 67.2 cm³/mol. The Morgan fingerprint density at radius 3 is 1.86 bits per heavy atom. The van der Waals surface area contributed by atoms with Crippen molar-refractivity contribution in [1.82, 2.24) is 0 Å². The van der Waals surface area contributed by atoms with Crippen molar-refractivity contribution >= 4 is 15.9 Å². The molecule has 0 saturated heterocycles. The number of alkyl halides is 1. The van der Waals surface area contributed by atoms with Crippen LogP contribution in [0.15, 0.2) is 0 Å². The van der Waals surface area contributed by atoms with Crippen molar-refractivity contribution in [3.8, 4) is 0 Å². The molecule has 0 spiro atoms. The average molecular weight is 265 g/mol. The van der Waals surface area contributed by atoms with Crippen LogP contribution in [0, 0.1) is 0 Å². The molecule has 1 nitrogen and oxygen atoms in total. The third-order valence-electron chi connectivity index (χ3n) is 2.06. The van der Waals surface area contributed by atoms with Gasteiger partial charge in [-0.05, 0) is 33.6 Å². The van der Waals surface area contributed by atoms with E-state index in [-0.39, 0.29) is 5.60 Å². The van der Waals surface area contributed by atoms with Gasteiger partial charge in [-0.2, -0.15) is 0 Å². The molecule has 0 heterocycles. The molecule has 0 aromatic carbocycles.